The lowest BCUT2D eigenvalue weighted by Gasteiger charge is -2.46. The summed E-state index contributed by atoms with van der Waals surface area (Å²) in [6.07, 6.45) is 0. The third-order valence-electron chi connectivity index (χ3n) is 2.85. The monoisotopic (exact) mass is 361 g/mol. The zero-order valence-corrected chi connectivity index (χ0v) is 13.0. The van der Waals surface area contributed by atoms with Gasteiger partial charge in [-0.05, 0) is 13.8 Å². The maximum atomic E-state index is 11.9. The van der Waals surface area contributed by atoms with Gasteiger partial charge in [0.1, 0.15) is 11.4 Å². The molecule has 2 aliphatic rings. The van der Waals surface area contributed by atoms with Crippen LogP contribution in [-0.2, 0) is 14.3 Å². The number of β-lactam (4-membered cyclic amide) rings is 1. The first kappa shape index (κ1) is 13.8. The van der Waals surface area contributed by atoms with Crippen LogP contribution in [0.1, 0.15) is 13.8 Å². The highest BCUT2D eigenvalue weighted by atomic mass is 79.9. The van der Waals surface area contributed by atoms with Crippen molar-refractivity contribution in [3.63, 3.8) is 0 Å². The van der Waals surface area contributed by atoms with Crippen LogP contribution < -0.4 is 0 Å². The molecule has 0 bridgehead atoms. The smallest absolute Gasteiger partial charge is 0.331 e. The van der Waals surface area contributed by atoms with E-state index in [4.69, 9.17) is 27.9 Å². The molecule has 0 aromatic carbocycles. The van der Waals surface area contributed by atoms with Gasteiger partial charge < -0.3 is 9.64 Å². The molecule has 4 nitrogen and oxygen atoms in total. The molecule has 2 rings (SSSR count). The van der Waals surface area contributed by atoms with Gasteiger partial charge in [-0.2, -0.15) is 0 Å². The molecule has 3 atom stereocenters. The molecule has 0 radical (unpaired) electrons. The Hall–Kier alpha value is 0.350. The summed E-state index contributed by atoms with van der Waals surface area (Å²) in [5.41, 5.74) is 0. The Morgan fingerprint density at radius 3 is 2.76 bits per heavy atom. The summed E-state index contributed by atoms with van der Waals surface area (Å²) in [6.45, 7) is 3.76. The number of hydrogen-bond donors (Lipinski definition) is 0. The van der Waals surface area contributed by atoms with Crippen molar-refractivity contribution in [2.24, 2.45) is 0 Å². The molecule has 8 heteroatoms. The molecule has 17 heavy (non-hydrogen) atoms. The molecular weight excluding hydrogens is 353 g/mol. The molecule has 0 spiro atoms. The van der Waals surface area contributed by atoms with Gasteiger partial charge in [-0.3, -0.25) is 4.79 Å². The number of esters is 1. The van der Waals surface area contributed by atoms with Crippen LogP contribution in [-0.4, -0.2) is 42.8 Å². The second kappa shape index (κ2) is 4.18. The molecule has 2 fully saturated rings. The molecule has 0 N–H and O–H groups in total. The third-order valence-corrected chi connectivity index (χ3v) is 6.17. The lowest BCUT2D eigenvalue weighted by Crippen LogP contribution is -2.68. The van der Waals surface area contributed by atoms with E-state index in [1.807, 2.05) is 13.8 Å². The fourth-order valence-corrected chi connectivity index (χ4v) is 4.74. The summed E-state index contributed by atoms with van der Waals surface area (Å²) < 4.78 is 3.23. The zero-order chi connectivity index (χ0) is 13.0. The summed E-state index contributed by atoms with van der Waals surface area (Å²) in [5.74, 6) is -0.799. The second-order valence-electron chi connectivity index (χ2n) is 4.38. The third kappa shape index (κ3) is 1.88. The number of rotatable bonds is 2. The molecular formula is C9H10BrCl2NO3S. The van der Waals surface area contributed by atoms with Gasteiger partial charge in [0.05, 0.1) is 0 Å². The van der Waals surface area contributed by atoms with Crippen LogP contribution in [0, 0.1) is 0 Å². The number of hydrogen-bond acceptors (Lipinski definition) is 4. The summed E-state index contributed by atoms with van der Waals surface area (Å²) >= 11 is 16.1. The summed E-state index contributed by atoms with van der Waals surface area (Å²) in [5, 5.41) is -0.264. The number of halogens is 3. The first-order valence-electron chi connectivity index (χ1n) is 4.84. The van der Waals surface area contributed by atoms with Gasteiger partial charge in [0.15, 0.2) is 6.07 Å². The molecule has 0 saturated carbocycles. The first-order valence-corrected chi connectivity index (χ1v) is 7.43. The first-order chi connectivity index (χ1) is 7.73. The van der Waals surface area contributed by atoms with Gasteiger partial charge in [0, 0.05) is 4.75 Å². The Morgan fingerprint density at radius 1 is 1.65 bits per heavy atom. The molecule has 2 aliphatic heterocycles. The molecule has 1 amide bonds. The van der Waals surface area contributed by atoms with Gasteiger partial charge in [0.25, 0.3) is 5.91 Å². The van der Waals surface area contributed by atoms with E-state index in [0.717, 1.165) is 0 Å². The lowest BCUT2D eigenvalue weighted by molar-refractivity contribution is -0.160. The minimum Gasteiger partial charge on any atom is -0.448 e. The zero-order valence-electron chi connectivity index (χ0n) is 9.08. The molecule has 0 aromatic heterocycles. The van der Waals surface area contributed by atoms with Crippen LogP contribution in [0.4, 0.5) is 0 Å². The van der Waals surface area contributed by atoms with Crippen molar-refractivity contribution in [2.75, 3.05) is 6.07 Å². The van der Waals surface area contributed by atoms with E-state index in [1.165, 1.54) is 16.7 Å². The number of alkyl halides is 3. The van der Waals surface area contributed by atoms with Crippen molar-refractivity contribution >= 4 is 62.8 Å². The van der Waals surface area contributed by atoms with E-state index in [2.05, 4.69) is 15.9 Å². The van der Waals surface area contributed by atoms with Crippen LogP contribution in [0.2, 0.25) is 0 Å². The Labute approximate surface area is 121 Å². The molecule has 2 heterocycles. The van der Waals surface area contributed by atoms with E-state index < -0.39 is 20.5 Å². The van der Waals surface area contributed by atoms with Crippen LogP contribution in [0.25, 0.3) is 0 Å². The van der Waals surface area contributed by atoms with E-state index in [1.54, 1.807) is 0 Å². The molecule has 0 aliphatic carbocycles. The number of carbonyl (C=O) groups is 2. The van der Waals surface area contributed by atoms with Gasteiger partial charge in [0.2, 0.25) is 3.78 Å². The molecule has 1 unspecified atom stereocenters. The maximum absolute atomic E-state index is 11.9. The second-order valence-corrected chi connectivity index (χ2v) is 8.64. The fourth-order valence-electron chi connectivity index (χ4n) is 2.09. The number of carbonyl (C=O) groups excluding carboxylic acids is 2. The highest BCUT2D eigenvalue weighted by Gasteiger charge is 2.70. The minimum atomic E-state index is -1.11. The summed E-state index contributed by atoms with van der Waals surface area (Å²) in [4.78, 5) is 25.2. The van der Waals surface area contributed by atoms with Gasteiger partial charge >= 0.3 is 5.97 Å². The number of nitrogens with zero attached hydrogens (tertiary/aromatic N) is 1. The normalized spacial score (nSPS) is 38.6. The average molecular weight is 363 g/mol. The number of ether oxygens (including phenoxy) is 1. The fraction of sp³-hybridized carbons (Fsp3) is 0.778. The number of fused-ring (bicyclic) bond motifs is 1. The van der Waals surface area contributed by atoms with E-state index in [0.29, 0.717) is 0 Å². The summed E-state index contributed by atoms with van der Waals surface area (Å²) in [7, 11) is 0. The molecule has 0 aromatic rings. The Bertz CT molecular complexity index is 390. The van der Waals surface area contributed by atoms with Crippen LogP contribution in [0.3, 0.4) is 0 Å². The quantitative estimate of drug-likeness (QED) is 0.429. The van der Waals surface area contributed by atoms with Crippen LogP contribution >= 0.6 is 50.9 Å². The average Bonchev–Trinajstić information content (AvgIpc) is 2.48. The highest BCUT2D eigenvalue weighted by molar-refractivity contribution is 9.11. The topological polar surface area (TPSA) is 46.6 Å². The largest absolute Gasteiger partial charge is 0.448 e. The number of thioether (sulfide) groups is 1. The Balaban J connectivity index is 2.28. The predicted molar refractivity (Wildman–Crippen MR) is 70.4 cm³/mol. The van der Waals surface area contributed by atoms with E-state index in [9.17, 15) is 9.59 Å². The van der Waals surface area contributed by atoms with E-state index in [-0.39, 0.29) is 17.3 Å². The van der Waals surface area contributed by atoms with Crippen LogP contribution in [0.15, 0.2) is 0 Å². The highest BCUT2D eigenvalue weighted by Crippen LogP contribution is 2.59. The minimum absolute atomic E-state index is 0.219. The standard InChI is InChI=1S/C9H10BrCl2NO3S/c1-8(2)4(5(14)16-3-11)13-6(15)9(10,12)7(13)17-8/h4,7H,3H2,1-2H3/t4-,7+,9?/m0/s1. The molecule has 96 valence electrons. The van der Waals surface area contributed by atoms with Crippen molar-refractivity contribution in [1.29, 1.82) is 0 Å². The van der Waals surface area contributed by atoms with Crippen molar-refractivity contribution in [3.05, 3.63) is 0 Å². The van der Waals surface area contributed by atoms with Gasteiger partial charge in [-0.15, -0.1) is 11.8 Å². The van der Waals surface area contributed by atoms with E-state index >= 15 is 0 Å². The SMILES string of the molecule is CC1(C)S[C@H]2N(C(=O)C2(Cl)Br)[C@H]1C(=O)OCCl. The van der Waals surface area contributed by atoms with Crippen LogP contribution in [0.5, 0.6) is 0 Å². The van der Waals surface area contributed by atoms with Crippen molar-refractivity contribution in [1.82, 2.24) is 4.90 Å². The summed E-state index contributed by atoms with van der Waals surface area (Å²) in [6, 6.07) is -0.864. The Kier molecular flexibility index (Phi) is 3.39. The maximum Gasteiger partial charge on any atom is 0.331 e. The molecule has 2 saturated heterocycles. The van der Waals surface area contributed by atoms with Crippen molar-refractivity contribution < 1.29 is 14.3 Å². The Morgan fingerprint density at radius 2 is 2.24 bits per heavy atom. The number of amides is 1. The van der Waals surface area contributed by atoms with Crippen molar-refractivity contribution in [3.8, 4) is 0 Å². The lowest BCUT2D eigenvalue weighted by atomic mass is 9.98. The predicted octanol–water partition coefficient (Wildman–Crippen LogP) is 2.12. The van der Waals surface area contributed by atoms with Gasteiger partial charge in [-0.25, -0.2) is 4.79 Å². The van der Waals surface area contributed by atoms with Gasteiger partial charge in [-0.1, -0.05) is 39.1 Å². The van der Waals surface area contributed by atoms with Crippen molar-refractivity contribution in [2.45, 2.75) is 33.8 Å².